The van der Waals surface area contributed by atoms with E-state index in [4.69, 9.17) is 0 Å². The van der Waals surface area contributed by atoms with E-state index in [2.05, 4.69) is 10.3 Å². The predicted molar refractivity (Wildman–Crippen MR) is 55.8 cm³/mol. The summed E-state index contributed by atoms with van der Waals surface area (Å²) in [6.45, 7) is 2.47. The monoisotopic (exact) mass is 226 g/mol. The highest BCUT2D eigenvalue weighted by molar-refractivity contribution is 5.81. The first kappa shape index (κ1) is 10.7. The number of fused-ring (bicyclic) bond motifs is 1. The van der Waals surface area contributed by atoms with Gasteiger partial charge in [-0.25, -0.2) is 18.2 Å². The van der Waals surface area contributed by atoms with Crippen molar-refractivity contribution in [3.05, 3.63) is 35.7 Å². The Morgan fingerprint density at radius 3 is 2.62 bits per heavy atom. The van der Waals surface area contributed by atoms with Crippen LogP contribution in [0.5, 0.6) is 0 Å². The van der Waals surface area contributed by atoms with E-state index in [1.807, 2.05) is 6.92 Å². The van der Waals surface area contributed by atoms with Crippen LogP contribution in [0.15, 0.2) is 18.2 Å². The van der Waals surface area contributed by atoms with Crippen molar-refractivity contribution in [2.24, 2.45) is 0 Å². The topological polar surface area (TPSA) is 24.9 Å². The fourth-order valence-electron chi connectivity index (χ4n) is 1.45. The van der Waals surface area contributed by atoms with Crippen molar-refractivity contribution in [1.82, 2.24) is 4.98 Å². The first-order valence-electron chi connectivity index (χ1n) is 4.81. The van der Waals surface area contributed by atoms with Crippen molar-refractivity contribution in [2.75, 3.05) is 11.9 Å². The maximum absolute atomic E-state index is 13.4. The third-order valence-electron chi connectivity index (χ3n) is 2.18. The molecule has 1 aromatic heterocycles. The Kier molecular flexibility index (Phi) is 2.68. The van der Waals surface area contributed by atoms with Gasteiger partial charge in [-0.05, 0) is 25.1 Å². The summed E-state index contributed by atoms with van der Waals surface area (Å²) >= 11 is 0. The molecule has 2 nitrogen and oxygen atoms in total. The van der Waals surface area contributed by atoms with E-state index in [0.29, 0.717) is 12.4 Å². The van der Waals surface area contributed by atoms with Gasteiger partial charge in [-0.2, -0.15) is 0 Å². The third-order valence-corrected chi connectivity index (χ3v) is 2.18. The number of nitrogens with one attached hydrogen (secondary N) is 1. The molecule has 0 aliphatic carbocycles. The molecule has 0 unspecified atom stereocenters. The molecular formula is C11H9F3N2. The largest absolute Gasteiger partial charge is 0.370 e. The van der Waals surface area contributed by atoms with Crippen LogP contribution in [0.1, 0.15) is 6.92 Å². The fourth-order valence-corrected chi connectivity index (χ4v) is 1.45. The molecular weight excluding hydrogens is 217 g/mol. The molecule has 0 atom stereocenters. The highest BCUT2D eigenvalue weighted by atomic mass is 19.2. The minimum Gasteiger partial charge on any atom is -0.370 e. The summed E-state index contributed by atoms with van der Waals surface area (Å²) in [5.74, 6) is -3.52. The van der Waals surface area contributed by atoms with Gasteiger partial charge in [0, 0.05) is 11.9 Å². The van der Waals surface area contributed by atoms with Gasteiger partial charge < -0.3 is 5.32 Å². The molecule has 2 aromatic rings. The number of halogens is 3. The smallest absolute Gasteiger partial charge is 0.196 e. The normalized spacial score (nSPS) is 10.8. The molecule has 0 radical (unpaired) electrons. The average Bonchev–Trinajstić information content (AvgIpc) is 2.28. The number of benzene rings is 1. The van der Waals surface area contributed by atoms with Crippen LogP contribution >= 0.6 is 0 Å². The molecule has 0 fully saturated rings. The predicted octanol–water partition coefficient (Wildman–Crippen LogP) is 3.08. The minimum atomic E-state index is -1.49. The highest BCUT2D eigenvalue weighted by Gasteiger charge is 2.14. The van der Waals surface area contributed by atoms with Crippen LogP contribution in [0.25, 0.3) is 10.9 Å². The number of hydrogen-bond donors (Lipinski definition) is 1. The second-order valence-electron chi connectivity index (χ2n) is 3.28. The standard InChI is InChI=1S/C11H9F3N2/c1-2-15-8-4-3-6-5-7(12)9(13)10(14)11(6)16-8/h3-5H,2H2,1H3,(H,15,16). The van der Waals surface area contributed by atoms with E-state index in [-0.39, 0.29) is 10.9 Å². The SMILES string of the molecule is CCNc1ccc2cc(F)c(F)c(F)c2n1. The quantitative estimate of drug-likeness (QED) is 0.796. The van der Waals surface area contributed by atoms with E-state index in [9.17, 15) is 13.2 Å². The molecule has 0 aliphatic heterocycles. The van der Waals surface area contributed by atoms with Gasteiger partial charge in [0.1, 0.15) is 11.3 Å². The lowest BCUT2D eigenvalue weighted by atomic mass is 10.2. The van der Waals surface area contributed by atoms with Crippen molar-refractivity contribution < 1.29 is 13.2 Å². The zero-order valence-electron chi connectivity index (χ0n) is 8.52. The van der Waals surface area contributed by atoms with Gasteiger partial charge in [-0.15, -0.1) is 0 Å². The van der Waals surface area contributed by atoms with E-state index in [1.54, 1.807) is 6.07 Å². The molecule has 0 amide bonds. The summed E-state index contributed by atoms with van der Waals surface area (Å²) in [4.78, 5) is 3.87. The van der Waals surface area contributed by atoms with Crippen LogP contribution in [0.3, 0.4) is 0 Å². The first-order chi connectivity index (χ1) is 7.63. The lowest BCUT2D eigenvalue weighted by molar-refractivity contribution is 0.452. The molecule has 1 aromatic carbocycles. The van der Waals surface area contributed by atoms with Gasteiger partial charge in [-0.3, -0.25) is 0 Å². The molecule has 0 saturated carbocycles. The molecule has 5 heteroatoms. The number of rotatable bonds is 2. The molecule has 2 rings (SSSR count). The van der Waals surface area contributed by atoms with Gasteiger partial charge in [0.25, 0.3) is 0 Å². The lowest BCUT2D eigenvalue weighted by Gasteiger charge is -2.05. The Morgan fingerprint density at radius 2 is 1.94 bits per heavy atom. The van der Waals surface area contributed by atoms with Crippen molar-refractivity contribution in [2.45, 2.75) is 6.92 Å². The van der Waals surface area contributed by atoms with E-state index in [0.717, 1.165) is 6.07 Å². The Balaban J connectivity index is 2.68. The van der Waals surface area contributed by atoms with Crippen molar-refractivity contribution in [3.63, 3.8) is 0 Å². The molecule has 0 aliphatic rings. The minimum absolute atomic E-state index is 0.169. The number of hydrogen-bond acceptors (Lipinski definition) is 2. The van der Waals surface area contributed by atoms with Crippen molar-refractivity contribution >= 4 is 16.7 Å². The van der Waals surface area contributed by atoms with Crippen LogP contribution in [0.4, 0.5) is 19.0 Å². The Labute approximate surface area is 90.1 Å². The number of nitrogens with zero attached hydrogens (tertiary/aromatic N) is 1. The first-order valence-corrected chi connectivity index (χ1v) is 4.81. The summed E-state index contributed by atoms with van der Waals surface area (Å²) in [5.41, 5.74) is -0.169. The number of pyridine rings is 1. The van der Waals surface area contributed by atoms with E-state index < -0.39 is 17.5 Å². The van der Waals surface area contributed by atoms with Gasteiger partial charge in [0.2, 0.25) is 0 Å². The van der Waals surface area contributed by atoms with Crippen molar-refractivity contribution in [3.8, 4) is 0 Å². The van der Waals surface area contributed by atoms with Crippen LogP contribution in [-0.2, 0) is 0 Å². The number of anilines is 1. The Morgan fingerprint density at radius 1 is 1.19 bits per heavy atom. The Hall–Kier alpha value is -1.78. The molecule has 16 heavy (non-hydrogen) atoms. The van der Waals surface area contributed by atoms with Crippen molar-refractivity contribution in [1.29, 1.82) is 0 Å². The fraction of sp³-hybridized carbons (Fsp3) is 0.182. The molecule has 0 bridgehead atoms. The second-order valence-corrected chi connectivity index (χ2v) is 3.28. The Bertz CT molecular complexity index is 540. The third kappa shape index (κ3) is 1.68. The van der Waals surface area contributed by atoms with Crippen LogP contribution in [0.2, 0.25) is 0 Å². The van der Waals surface area contributed by atoms with Crippen LogP contribution < -0.4 is 5.32 Å². The number of aromatic nitrogens is 1. The second kappa shape index (κ2) is 4.00. The summed E-state index contributed by atoms with van der Waals surface area (Å²) in [5, 5.41) is 3.10. The maximum Gasteiger partial charge on any atom is 0.196 e. The molecule has 1 N–H and O–H groups in total. The summed E-state index contributed by atoms with van der Waals surface area (Å²) in [6.07, 6.45) is 0. The maximum atomic E-state index is 13.4. The van der Waals surface area contributed by atoms with E-state index >= 15 is 0 Å². The van der Waals surface area contributed by atoms with Gasteiger partial charge in [-0.1, -0.05) is 0 Å². The zero-order valence-corrected chi connectivity index (χ0v) is 8.52. The van der Waals surface area contributed by atoms with Crippen LogP contribution in [-0.4, -0.2) is 11.5 Å². The van der Waals surface area contributed by atoms with Gasteiger partial charge in [0.05, 0.1) is 0 Å². The van der Waals surface area contributed by atoms with Gasteiger partial charge >= 0.3 is 0 Å². The summed E-state index contributed by atoms with van der Waals surface area (Å²) in [7, 11) is 0. The average molecular weight is 226 g/mol. The lowest BCUT2D eigenvalue weighted by Crippen LogP contribution is -2.01. The molecule has 84 valence electrons. The zero-order chi connectivity index (χ0) is 11.7. The summed E-state index contributed by atoms with van der Waals surface area (Å²) < 4.78 is 39.2. The molecule has 1 heterocycles. The highest BCUT2D eigenvalue weighted by Crippen LogP contribution is 2.22. The van der Waals surface area contributed by atoms with Crippen LogP contribution in [0, 0.1) is 17.5 Å². The van der Waals surface area contributed by atoms with E-state index in [1.165, 1.54) is 6.07 Å². The molecule has 0 spiro atoms. The summed E-state index contributed by atoms with van der Waals surface area (Å²) in [6, 6.07) is 4.00. The van der Waals surface area contributed by atoms with Gasteiger partial charge in [0.15, 0.2) is 17.5 Å². The molecule has 0 saturated heterocycles.